The van der Waals surface area contributed by atoms with Crippen LogP contribution in [0.3, 0.4) is 0 Å². The highest BCUT2D eigenvalue weighted by molar-refractivity contribution is 5.89. The Labute approximate surface area is 83.9 Å². The summed E-state index contributed by atoms with van der Waals surface area (Å²) in [7, 11) is 0. The van der Waals surface area contributed by atoms with Crippen molar-refractivity contribution in [3.63, 3.8) is 0 Å². The van der Waals surface area contributed by atoms with Crippen molar-refractivity contribution in [1.29, 1.82) is 0 Å². The highest BCUT2D eigenvalue weighted by Crippen LogP contribution is 2.07. The number of rotatable bonds is 3. The Hall–Kier alpha value is -1.75. The molecule has 1 rings (SSSR count). The van der Waals surface area contributed by atoms with Crippen LogP contribution in [0.5, 0.6) is 0 Å². The summed E-state index contributed by atoms with van der Waals surface area (Å²) >= 11 is 0. The average Bonchev–Trinajstić information content (AvgIpc) is 2.19. The molecule has 0 fully saturated rings. The van der Waals surface area contributed by atoms with Crippen molar-refractivity contribution >= 4 is 5.97 Å². The number of ether oxygens (including phenoxy) is 1. The van der Waals surface area contributed by atoms with E-state index in [1.807, 2.05) is 6.07 Å². The summed E-state index contributed by atoms with van der Waals surface area (Å²) in [6.45, 7) is 2.17. The minimum Gasteiger partial charge on any atom is -0.462 e. The van der Waals surface area contributed by atoms with Crippen molar-refractivity contribution in [2.75, 3.05) is 6.61 Å². The van der Waals surface area contributed by atoms with Crippen molar-refractivity contribution in [1.82, 2.24) is 0 Å². The predicted octanol–water partition coefficient (Wildman–Crippen LogP) is 2.04. The van der Waals surface area contributed by atoms with Gasteiger partial charge in [-0.2, -0.15) is 0 Å². The number of esters is 1. The fourth-order valence-electron chi connectivity index (χ4n) is 1.14. The number of carbonyl (C=O) groups is 1. The van der Waals surface area contributed by atoms with E-state index in [9.17, 15) is 4.79 Å². The summed E-state index contributed by atoms with van der Waals surface area (Å²) < 4.78 is 4.87. The third-order valence-corrected chi connectivity index (χ3v) is 1.74. The Balaban J connectivity index is 2.83. The van der Waals surface area contributed by atoms with Gasteiger partial charge in [0.25, 0.3) is 0 Å². The van der Waals surface area contributed by atoms with Crippen molar-refractivity contribution in [2.45, 2.75) is 13.3 Å². The first-order valence-electron chi connectivity index (χ1n) is 4.47. The molecule has 2 nitrogen and oxygen atoms in total. The molecule has 0 heterocycles. The van der Waals surface area contributed by atoms with Crippen LogP contribution in [0.25, 0.3) is 0 Å². The van der Waals surface area contributed by atoms with E-state index in [4.69, 9.17) is 11.2 Å². The van der Waals surface area contributed by atoms with E-state index in [0.29, 0.717) is 18.6 Å². The number of carbonyl (C=O) groups excluding carboxylic acids is 1. The molecule has 14 heavy (non-hydrogen) atoms. The Morgan fingerprint density at radius 2 is 2.36 bits per heavy atom. The lowest BCUT2D eigenvalue weighted by atomic mass is 10.1. The van der Waals surface area contributed by atoms with Crippen LogP contribution in [-0.4, -0.2) is 12.6 Å². The average molecular weight is 188 g/mol. The molecule has 0 unspecified atom stereocenters. The summed E-state index contributed by atoms with van der Waals surface area (Å²) in [4.78, 5) is 11.3. The minimum atomic E-state index is -0.300. The SMILES string of the molecule is C#CCc1cccc(C(=O)OCC)c1. The van der Waals surface area contributed by atoms with Crippen molar-refractivity contribution in [3.8, 4) is 12.3 Å². The van der Waals surface area contributed by atoms with Gasteiger partial charge in [-0.05, 0) is 24.6 Å². The molecule has 0 N–H and O–H groups in total. The van der Waals surface area contributed by atoms with E-state index in [0.717, 1.165) is 5.56 Å². The molecule has 0 saturated carbocycles. The van der Waals surface area contributed by atoms with E-state index >= 15 is 0 Å². The van der Waals surface area contributed by atoms with Gasteiger partial charge in [0.15, 0.2) is 0 Å². The van der Waals surface area contributed by atoms with Gasteiger partial charge in [0.05, 0.1) is 12.2 Å². The molecule has 0 aliphatic heterocycles. The molecule has 0 aromatic heterocycles. The second-order valence-electron chi connectivity index (χ2n) is 2.80. The fraction of sp³-hybridized carbons (Fsp3) is 0.250. The Morgan fingerprint density at radius 1 is 1.57 bits per heavy atom. The molecule has 0 bridgehead atoms. The molecule has 2 heteroatoms. The van der Waals surface area contributed by atoms with Gasteiger partial charge in [-0.25, -0.2) is 4.79 Å². The van der Waals surface area contributed by atoms with Gasteiger partial charge in [-0.15, -0.1) is 12.3 Å². The molecule has 1 aromatic rings. The maximum absolute atomic E-state index is 11.3. The number of terminal acetylenes is 1. The van der Waals surface area contributed by atoms with Gasteiger partial charge in [0, 0.05) is 6.42 Å². The third-order valence-electron chi connectivity index (χ3n) is 1.74. The van der Waals surface area contributed by atoms with Gasteiger partial charge in [0.2, 0.25) is 0 Å². The molecule has 72 valence electrons. The standard InChI is InChI=1S/C12H12O2/c1-3-6-10-7-5-8-11(9-10)12(13)14-4-2/h1,5,7-9H,4,6H2,2H3. The Morgan fingerprint density at radius 3 is 3.00 bits per heavy atom. The highest BCUT2D eigenvalue weighted by Gasteiger charge is 2.05. The molecule has 0 radical (unpaired) electrons. The summed E-state index contributed by atoms with van der Waals surface area (Å²) in [6.07, 6.45) is 5.71. The Kier molecular flexibility index (Phi) is 3.75. The van der Waals surface area contributed by atoms with E-state index in [2.05, 4.69) is 5.92 Å². The van der Waals surface area contributed by atoms with Crippen LogP contribution in [0, 0.1) is 12.3 Å². The van der Waals surface area contributed by atoms with E-state index in [1.54, 1.807) is 25.1 Å². The first-order chi connectivity index (χ1) is 6.77. The van der Waals surface area contributed by atoms with E-state index in [1.165, 1.54) is 0 Å². The lowest BCUT2D eigenvalue weighted by molar-refractivity contribution is 0.0526. The van der Waals surface area contributed by atoms with Gasteiger partial charge in [-0.1, -0.05) is 12.1 Å². The van der Waals surface area contributed by atoms with Crippen LogP contribution in [0.1, 0.15) is 22.8 Å². The van der Waals surface area contributed by atoms with Crippen molar-refractivity contribution in [2.24, 2.45) is 0 Å². The lowest BCUT2D eigenvalue weighted by Crippen LogP contribution is -2.04. The maximum Gasteiger partial charge on any atom is 0.338 e. The molecule has 0 spiro atoms. The smallest absolute Gasteiger partial charge is 0.338 e. The van der Waals surface area contributed by atoms with Crippen molar-refractivity contribution in [3.05, 3.63) is 35.4 Å². The van der Waals surface area contributed by atoms with Crippen LogP contribution in [0.15, 0.2) is 24.3 Å². The molecular formula is C12H12O2. The molecule has 0 saturated heterocycles. The van der Waals surface area contributed by atoms with Gasteiger partial charge in [-0.3, -0.25) is 0 Å². The lowest BCUT2D eigenvalue weighted by Gasteiger charge is -2.02. The molecule has 0 aliphatic rings. The topological polar surface area (TPSA) is 26.3 Å². The van der Waals surface area contributed by atoms with Crippen LogP contribution < -0.4 is 0 Å². The van der Waals surface area contributed by atoms with Crippen LogP contribution >= 0.6 is 0 Å². The summed E-state index contributed by atoms with van der Waals surface area (Å²) in [5.41, 5.74) is 1.51. The normalized spacial score (nSPS) is 9.14. The zero-order chi connectivity index (χ0) is 10.4. The third kappa shape index (κ3) is 2.63. The second-order valence-corrected chi connectivity index (χ2v) is 2.80. The van der Waals surface area contributed by atoms with Gasteiger partial charge >= 0.3 is 5.97 Å². The Bertz CT molecular complexity index is 361. The fourth-order valence-corrected chi connectivity index (χ4v) is 1.14. The maximum atomic E-state index is 11.3. The highest BCUT2D eigenvalue weighted by atomic mass is 16.5. The van der Waals surface area contributed by atoms with E-state index in [-0.39, 0.29) is 5.97 Å². The zero-order valence-corrected chi connectivity index (χ0v) is 8.12. The molecule has 0 amide bonds. The van der Waals surface area contributed by atoms with Crippen LogP contribution in [0.2, 0.25) is 0 Å². The zero-order valence-electron chi connectivity index (χ0n) is 8.12. The second kappa shape index (κ2) is 5.08. The number of benzene rings is 1. The van der Waals surface area contributed by atoms with E-state index < -0.39 is 0 Å². The largest absolute Gasteiger partial charge is 0.462 e. The minimum absolute atomic E-state index is 0.300. The quantitative estimate of drug-likeness (QED) is 0.536. The first-order valence-corrected chi connectivity index (χ1v) is 4.47. The predicted molar refractivity (Wildman–Crippen MR) is 54.9 cm³/mol. The number of hydrogen-bond donors (Lipinski definition) is 0. The number of hydrogen-bond acceptors (Lipinski definition) is 2. The van der Waals surface area contributed by atoms with Crippen LogP contribution in [0.4, 0.5) is 0 Å². The first kappa shape index (κ1) is 10.3. The molecule has 0 aliphatic carbocycles. The summed E-state index contributed by atoms with van der Waals surface area (Å²) in [5.74, 6) is 2.23. The molecular weight excluding hydrogens is 176 g/mol. The van der Waals surface area contributed by atoms with Gasteiger partial charge in [0.1, 0.15) is 0 Å². The summed E-state index contributed by atoms with van der Waals surface area (Å²) in [5, 5.41) is 0. The monoisotopic (exact) mass is 188 g/mol. The molecule has 0 atom stereocenters. The van der Waals surface area contributed by atoms with Crippen LogP contribution in [-0.2, 0) is 11.2 Å². The van der Waals surface area contributed by atoms with Gasteiger partial charge < -0.3 is 4.74 Å². The van der Waals surface area contributed by atoms with Crippen molar-refractivity contribution < 1.29 is 9.53 Å². The summed E-state index contributed by atoms with van der Waals surface area (Å²) in [6, 6.07) is 7.18. The molecule has 1 aromatic carbocycles.